The Morgan fingerprint density at radius 1 is 1.24 bits per heavy atom. The van der Waals surface area contributed by atoms with E-state index < -0.39 is 6.04 Å². The lowest BCUT2D eigenvalue weighted by Gasteiger charge is -2.33. The van der Waals surface area contributed by atoms with Gasteiger partial charge >= 0.3 is 6.03 Å². The second-order valence-electron chi connectivity index (χ2n) is 8.68. The highest BCUT2D eigenvalue weighted by Crippen LogP contribution is 2.36. The predicted molar refractivity (Wildman–Crippen MR) is 132 cm³/mol. The zero-order valence-electron chi connectivity index (χ0n) is 19.2. The molecular formula is C26H27ClN4O3. The van der Waals surface area contributed by atoms with E-state index in [0.29, 0.717) is 33.5 Å². The Morgan fingerprint density at radius 2 is 1.97 bits per heavy atom. The fourth-order valence-corrected chi connectivity index (χ4v) is 4.46. The van der Waals surface area contributed by atoms with Crippen LogP contribution in [0, 0.1) is 0 Å². The molecule has 0 radical (unpaired) electrons. The van der Waals surface area contributed by atoms with Crippen molar-refractivity contribution in [3.8, 4) is 0 Å². The van der Waals surface area contributed by atoms with E-state index in [1.807, 2.05) is 30.3 Å². The van der Waals surface area contributed by atoms with E-state index in [1.54, 1.807) is 24.3 Å². The monoisotopic (exact) mass is 478 g/mol. The van der Waals surface area contributed by atoms with Crippen molar-refractivity contribution >= 4 is 35.1 Å². The summed E-state index contributed by atoms with van der Waals surface area (Å²) < 4.78 is 0. The van der Waals surface area contributed by atoms with E-state index in [4.69, 9.17) is 11.6 Å². The van der Waals surface area contributed by atoms with Crippen LogP contribution in [0.25, 0.3) is 0 Å². The van der Waals surface area contributed by atoms with Gasteiger partial charge in [0.1, 0.15) is 6.54 Å². The van der Waals surface area contributed by atoms with Crippen LogP contribution in [0.1, 0.15) is 36.9 Å². The molecule has 8 heteroatoms. The van der Waals surface area contributed by atoms with Gasteiger partial charge in [0.2, 0.25) is 5.91 Å². The van der Waals surface area contributed by atoms with Gasteiger partial charge < -0.3 is 15.5 Å². The third-order valence-corrected chi connectivity index (χ3v) is 6.22. The zero-order chi connectivity index (χ0) is 24.4. The van der Waals surface area contributed by atoms with Crippen LogP contribution in [0.4, 0.5) is 10.5 Å². The average molecular weight is 479 g/mol. The topological polar surface area (TPSA) is 81.8 Å². The maximum atomic E-state index is 13.4. The van der Waals surface area contributed by atoms with Gasteiger partial charge in [0, 0.05) is 17.3 Å². The van der Waals surface area contributed by atoms with Crippen LogP contribution < -0.4 is 10.6 Å². The molecule has 2 heterocycles. The molecule has 0 spiro atoms. The third-order valence-electron chi connectivity index (χ3n) is 5.99. The summed E-state index contributed by atoms with van der Waals surface area (Å²) in [6.45, 7) is 8.21. The minimum Gasteiger partial charge on any atom is -0.326 e. The molecule has 1 atom stereocenters. The molecule has 2 N–H and O–H groups in total. The molecule has 7 nitrogen and oxygen atoms in total. The maximum Gasteiger partial charge on any atom is 0.322 e. The Balaban J connectivity index is 1.55. The summed E-state index contributed by atoms with van der Waals surface area (Å²) in [6, 6.07) is 13.7. The lowest BCUT2D eigenvalue weighted by atomic mass is 9.95. The Hall–Kier alpha value is -3.58. The first-order valence-corrected chi connectivity index (χ1v) is 11.5. The second kappa shape index (κ2) is 9.73. The predicted octanol–water partition coefficient (Wildman–Crippen LogP) is 4.45. The molecular weight excluding hydrogens is 452 g/mol. The van der Waals surface area contributed by atoms with Gasteiger partial charge in [0.25, 0.3) is 5.91 Å². The maximum absolute atomic E-state index is 13.4. The second-order valence-corrected chi connectivity index (χ2v) is 9.12. The Labute approximate surface area is 204 Å². The largest absolute Gasteiger partial charge is 0.326 e. The Morgan fingerprint density at radius 3 is 2.62 bits per heavy atom. The van der Waals surface area contributed by atoms with E-state index in [1.165, 1.54) is 15.4 Å². The van der Waals surface area contributed by atoms with Crippen LogP contribution in [0.5, 0.6) is 0 Å². The standard InChI is InChI=1S/C26H27ClN4O3/c1-4-12-31-21-14-30(15-22(32)28-20-10-8-17(9-11-20)16(2)3)25(33)23(21)24(29-26(31)34)18-6-5-7-19(27)13-18/h4-11,13,16,24H,1,12,14-15H2,2-3H3,(H,28,32)(H,29,34)/t24-/m1/s1. The van der Waals surface area contributed by atoms with E-state index in [0.717, 1.165) is 0 Å². The molecule has 2 aromatic carbocycles. The first-order valence-electron chi connectivity index (χ1n) is 11.1. The smallest absolute Gasteiger partial charge is 0.322 e. The zero-order valence-corrected chi connectivity index (χ0v) is 19.9. The van der Waals surface area contributed by atoms with Gasteiger partial charge in [-0.1, -0.05) is 55.8 Å². The van der Waals surface area contributed by atoms with Gasteiger partial charge in [-0.2, -0.15) is 0 Å². The Bertz CT molecular complexity index is 1170. The summed E-state index contributed by atoms with van der Waals surface area (Å²) in [5.41, 5.74) is 3.57. The van der Waals surface area contributed by atoms with Crippen LogP contribution in [0.3, 0.4) is 0 Å². The first kappa shape index (κ1) is 23.6. The minimum absolute atomic E-state index is 0.129. The van der Waals surface area contributed by atoms with E-state index >= 15 is 0 Å². The molecule has 0 saturated carbocycles. The van der Waals surface area contributed by atoms with Gasteiger partial charge in [-0.3, -0.25) is 14.5 Å². The van der Waals surface area contributed by atoms with Crippen molar-refractivity contribution in [2.24, 2.45) is 0 Å². The highest BCUT2D eigenvalue weighted by molar-refractivity contribution is 6.30. The van der Waals surface area contributed by atoms with Crippen LogP contribution in [-0.4, -0.2) is 47.3 Å². The van der Waals surface area contributed by atoms with E-state index in [-0.39, 0.29) is 37.5 Å². The number of hydrogen-bond acceptors (Lipinski definition) is 3. The highest BCUT2D eigenvalue weighted by atomic mass is 35.5. The summed E-state index contributed by atoms with van der Waals surface area (Å²) in [4.78, 5) is 42.0. The van der Waals surface area contributed by atoms with Gasteiger partial charge in [0.05, 0.1) is 23.9 Å². The van der Waals surface area contributed by atoms with Crippen molar-refractivity contribution < 1.29 is 14.4 Å². The van der Waals surface area contributed by atoms with Crippen molar-refractivity contribution in [3.63, 3.8) is 0 Å². The number of nitrogens with one attached hydrogen (secondary N) is 2. The number of carbonyl (C=O) groups is 3. The fraction of sp³-hybridized carbons (Fsp3) is 0.269. The highest BCUT2D eigenvalue weighted by Gasteiger charge is 2.44. The number of nitrogens with zero attached hydrogens (tertiary/aromatic N) is 2. The number of benzene rings is 2. The summed E-state index contributed by atoms with van der Waals surface area (Å²) >= 11 is 6.16. The van der Waals surface area contributed by atoms with Crippen molar-refractivity contribution in [1.29, 1.82) is 0 Å². The van der Waals surface area contributed by atoms with Crippen molar-refractivity contribution in [2.45, 2.75) is 25.8 Å². The van der Waals surface area contributed by atoms with Gasteiger partial charge in [0.15, 0.2) is 0 Å². The number of anilines is 1. The van der Waals surface area contributed by atoms with Crippen molar-refractivity contribution in [1.82, 2.24) is 15.1 Å². The van der Waals surface area contributed by atoms with E-state index in [9.17, 15) is 14.4 Å². The molecule has 4 rings (SSSR count). The number of carbonyl (C=O) groups excluding carboxylic acids is 3. The molecule has 2 aliphatic heterocycles. The van der Waals surface area contributed by atoms with Gasteiger partial charge in [-0.05, 0) is 41.3 Å². The third kappa shape index (κ3) is 4.70. The number of urea groups is 1. The van der Waals surface area contributed by atoms with Crippen LogP contribution in [0.2, 0.25) is 5.02 Å². The molecule has 176 valence electrons. The molecule has 0 fully saturated rings. The molecule has 34 heavy (non-hydrogen) atoms. The summed E-state index contributed by atoms with van der Waals surface area (Å²) in [5, 5.41) is 6.26. The summed E-state index contributed by atoms with van der Waals surface area (Å²) in [5.74, 6) is -0.203. The van der Waals surface area contributed by atoms with Crippen LogP contribution >= 0.6 is 11.6 Å². The van der Waals surface area contributed by atoms with Gasteiger partial charge in [-0.25, -0.2) is 4.79 Å². The molecule has 2 aromatic rings. The van der Waals surface area contributed by atoms with Crippen molar-refractivity contribution in [3.05, 3.63) is 88.6 Å². The lowest BCUT2D eigenvalue weighted by Crippen LogP contribution is -2.47. The lowest BCUT2D eigenvalue weighted by molar-refractivity contribution is -0.130. The molecule has 0 unspecified atom stereocenters. The summed E-state index contributed by atoms with van der Waals surface area (Å²) in [6.07, 6.45) is 1.60. The summed E-state index contributed by atoms with van der Waals surface area (Å²) in [7, 11) is 0. The molecule has 0 aromatic heterocycles. The first-order chi connectivity index (χ1) is 16.3. The molecule has 0 saturated heterocycles. The van der Waals surface area contributed by atoms with Crippen LogP contribution in [0.15, 0.2) is 72.5 Å². The van der Waals surface area contributed by atoms with Gasteiger partial charge in [-0.15, -0.1) is 6.58 Å². The number of rotatable bonds is 7. The average Bonchev–Trinajstić information content (AvgIpc) is 3.11. The SMILES string of the molecule is C=CCN1C(=O)N[C@H](c2cccc(Cl)c2)C2=C1CN(CC(=O)Nc1ccc(C(C)C)cc1)C2=O. The minimum atomic E-state index is -0.647. The van der Waals surface area contributed by atoms with Crippen LogP contribution in [-0.2, 0) is 9.59 Å². The molecule has 0 bridgehead atoms. The number of halogens is 1. The van der Waals surface area contributed by atoms with E-state index in [2.05, 4.69) is 31.1 Å². The fourth-order valence-electron chi connectivity index (χ4n) is 4.26. The normalized spacial score (nSPS) is 17.7. The quantitative estimate of drug-likeness (QED) is 0.577. The number of hydrogen-bond donors (Lipinski definition) is 2. The van der Waals surface area contributed by atoms with Crippen molar-refractivity contribution in [2.75, 3.05) is 25.0 Å². The Kier molecular flexibility index (Phi) is 6.75. The molecule has 0 aliphatic carbocycles. The number of amides is 4. The molecule has 2 aliphatic rings. The molecule has 4 amide bonds.